The molecule has 0 atom stereocenters. The fourth-order valence-electron chi connectivity index (χ4n) is 1.90. The summed E-state index contributed by atoms with van der Waals surface area (Å²) in [6.45, 7) is 7.78. The van der Waals surface area contributed by atoms with E-state index in [0.717, 1.165) is 17.5 Å². The van der Waals surface area contributed by atoms with Crippen LogP contribution in [0.4, 0.5) is 5.69 Å². The van der Waals surface area contributed by atoms with Crippen LogP contribution in [0.3, 0.4) is 0 Å². The van der Waals surface area contributed by atoms with Gasteiger partial charge < -0.3 is 5.73 Å². The number of rotatable bonds is 4. The van der Waals surface area contributed by atoms with Crippen LogP contribution in [-0.4, -0.2) is 15.0 Å². The van der Waals surface area contributed by atoms with Gasteiger partial charge in [0, 0.05) is 12.2 Å². The molecule has 0 spiro atoms. The van der Waals surface area contributed by atoms with Crippen LogP contribution in [-0.2, 0) is 10.0 Å². The summed E-state index contributed by atoms with van der Waals surface area (Å²) in [5.74, 6) is 0. The molecule has 0 amide bonds. The first-order chi connectivity index (χ1) is 7.81. The Labute approximate surface area is 103 Å². The second-order valence-electron chi connectivity index (χ2n) is 4.28. The molecule has 0 bridgehead atoms. The van der Waals surface area contributed by atoms with Gasteiger partial charge in [0.25, 0.3) is 0 Å². The van der Waals surface area contributed by atoms with Gasteiger partial charge in [-0.25, -0.2) is 13.1 Å². The minimum absolute atomic E-state index is 0.314. The molecule has 1 aromatic rings. The Balaban J connectivity index is 3.37. The van der Waals surface area contributed by atoms with Crippen LogP contribution in [0.25, 0.3) is 0 Å². The molecule has 3 N–H and O–H groups in total. The van der Waals surface area contributed by atoms with Gasteiger partial charge in [0.05, 0.1) is 4.90 Å². The van der Waals surface area contributed by atoms with E-state index in [4.69, 9.17) is 5.73 Å². The lowest BCUT2D eigenvalue weighted by atomic mass is 10.1. The highest BCUT2D eigenvalue weighted by Gasteiger charge is 2.21. The predicted octanol–water partition coefficient (Wildman–Crippen LogP) is 1.88. The number of hydrogen-bond donors (Lipinski definition) is 2. The number of sulfonamides is 1. The van der Waals surface area contributed by atoms with Crippen LogP contribution in [0.1, 0.15) is 30.0 Å². The van der Waals surface area contributed by atoms with Crippen molar-refractivity contribution in [1.82, 2.24) is 4.72 Å². The Hall–Kier alpha value is -1.07. The summed E-state index contributed by atoms with van der Waals surface area (Å²) in [5.41, 5.74) is 8.71. The fourth-order valence-corrected chi connectivity index (χ4v) is 3.52. The second kappa shape index (κ2) is 5.06. The molecule has 0 radical (unpaired) electrons. The summed E-state index contributed by atoms with van der Waals surface area (Å²) in [4.78, 5) is 0.314. The minimum Gasteiger partial charge on any atom is -0.398 e. The average molecular weight is 256 g/mol. The van der Waals surface area contributed by atoms with Gasteiger partial charge in [0.15, 0.2) is 0 Å². The maximum Gasteiger partial charge on any atom is 0.241 e. The van der Waals surface area contributed by atoms with Gasteiger partial charge in [0.2, 0.25) is 10.0 Å². The van der Waals surface area contributed by atoms with Crippen LogP contribution in [0.2, 0.25) is 0 Å². The van der Waals surface area contributed by atoms with Crippen molar-refractivity contribution in [2.75, 3.05) is 12.3 Å². The molecular weight excluding hydrogens is 236 g/mol. The highest BCUT2D eigenvalue weighted by Crippen LogP contribution is 2.27. The third-order valence-electron chi connectivity index (χ3n) is 2.77. The number of nitrogens with two attached hydrogens (primary N) is 1. The summed E-state index contributed by atoms with van der Waals surface area (Å²) in [5, 5.41) is 0. The van der Waals surface area contributed by atoms with E-state index in [2.05, 4.69) is 4.72 Å². The number of aryl methyl sites for hydroxylation is 2. The van der Waals surface area contributed by atoms with Crippen LogP contribution in [0, 0.1) is 20.8 Å². The van der Waals surface area contributed by atoms with E-state index in [1.54, 1.807) is 13.8 Å². The third-order valence-corrected chi connectivity index (χ3v) is 4.52. The van der Waals surface area contributed by atoms with Gasteiger partial charge in [-0.1, -0.05) is 13.0 Å². The summed E-state index contributed by atoms with van der Waals surface area (Å²) in [6.07, 6.45) is 0.763. The highest BCUT2D eigenvalue weighted by atomic mass is 32.2. The van der Waals surface area contributed by atoms with Gasteiger partial charge in [-0.3, -0.25) is 0 Å². The Morgan fingerprint density at radius 1 is 1.24 bits per heavy atom. The van der Waals surface area contributed by atoms with Crippen molar-refractivity contribution < 1.29 is 8.42 Å². The van der Waals surface area contributed by atoms with E-state index in [-0.39, 0.29) is 0 Å². The maximum absolute atomic E-state index is 12.1. The predicted molar refractivity (Wildman–Crippen MR) is 70.5 cm³/mol. The molecule has 0 aliphatic carbocycles. The van der Waals surface area contributed by atoms with Gasteiger partial charge >= 0.3 is 0 Å². The van der Waals surface area contributed by atoms with E-state index in [1.807, 2.05) is 19.9 Å². The van der Waals surface area contributed by atoms with Crippen molar-refractivity contribution in [3.63, 3.8) is 0 Å². The topological polar surface area (TPSA) is 72.2 Å². The van der Waals surface area contributed by atoms with Crippen molar-refractivity contribution >= 4 is 15.7 Å². The highest BCUT2D eigenvalue weighted by molar-refractivity contribution is 7.89. The smallest absolute Gasteiger partial charge is 0.241 e. The minimum atomic E-state index is -3.45. The first-order valence-electron chi connectivity index (χ1n) is 5.67. The molecule has 0 unspecified atom stereocenters. The number of anilines is 1. The zero-order chi connectivity index (χ0) is 13.2. The van der Waals surface area contributed by atoms with Gasteiger partial charge in [-0.05, 0) is 43.9 Å². The quantitative estimate of drug-likeness (QED) is 0.808. The summed E-state index contributed by atoms with van der Waals surface area (Å²) >= 11 is 0. The zero-order valence-electron chi connectivity index (χ0n) is 10.8. The average Bonchev–Trinajstić information content (AvgIpc) is 2.23. The Morgan fingerprint density at radius 3 is 2.35 bits per heavy atom. The molecule has 0 saturated carbocycles. The van der Waals surface area contributed by atoms with E-state index >= 15 is 0 Å². The molecule has 4 nitrogen and oxygen atoms in total. The molecular formula is C12H20N2O2S. The number of benzene rings is 1. The van der Waals surface area contributed by atoms with E-state index in [0.29, 0.717) is 22.7 Å². The van der Waals surface area contributed by atoms with E-state index < -0.39 is 10.0 Å². The lowest BCUT2D eigenvalue weighted by Gasteiger charge is -2.15. The van der Waals surface area contributed by atoms with Gasteiger partial charge in [0.1, 0.15) is 0 Å². The van der Waals surface area contributed by atoms with Crippen LogP contribution < -0.4 is 10.5 Å². The van der Waals surface area contributed by atoms with Crippen LogP contribution >= 0.6 is 0 Å². The van der Waals surface area contributed by atoms with E-state index in [1.165, 1.54) is 0 Å². The van der Waals surface area contributed by atoms with Crippen LogP contribution in [0.15, 0.2) is 11.0 Å². The summed E-state index contributed by atoms with van der Waals surface area (Å²) in [7, 11) is -3.45. The fraction of sp³-hybridized carbons (Fsp3) is 0.500. The molecule has 0 aliphatic rings. The van der Waals surface area contributed by atoms with Crippen molar-refractivity contribution in [3.05, 3.63) is 22.8 Å². The van der Waals surface area contributed by atoms with Crippen molar-refractivity contribution in [2.24, 2.45) is 0 Å². The van der Waals surface area contributed by atoms with E-state index in [9.17, 15) is 8.42 Å². The SMILES string of the molecule is CCCNS(=O)(=O)c1c(C)cc(C)c(N)c1C. The molecule has 0 fully saturated rings. The molecule has 96 valence electrons. The Morgan fingerprint density at radius 2 is 1.82 bits per heavy atom. The van der Waals surface area contributed by atoms with Crippen molar-refractivity contribution in [1.29, 1.82) is 0 Å². The van der Waals surface area contributed by atoms with Gasteiger partial charge in [-0.2, -0.15) is 0 Å². The molecule has 1 rings (SSSR count). The zero-order valence-corrected chi connectivity index (χ0v) is 11.6. The molecule has 0 aliphatic heterocycles. The lowest BCUT2D eigenvalue weighted by Crippen LogP contribution is -2.26. The molecule has 0 heterocycles. The Kier molecular flexibility index (Phi) is 4.16. The lowest BCUT2D eigenvalue weighted by molar-refractivity contribution is 0.579. The molecule has 0 saturated heterocycles. The molecule has 17 heavy (non-hydrogen) atoms. The number of nitrogens with one attached hydrogen (secondary N) is 1. The van der Waals surface area contributed by atoms with Crippen molar-refractivity contribution in [3.8, 4) is 0 Å². The first-order valence-corrected chi connectivity index (χ1v) is 7.15. The number of hydrogen-bond acceptors (Lipinski definition) is 3. The summed E-state index contributed by atoms with van der Waals surface area (Å²) in [6, 6.07) is 1.81. The van der Waals surface area contributed by atoms with Crippen LogP contribution in [0.5, 0.6) is 0 Å². The maximum atomic E-state index is 12.1. The van der Waals surface area contributed by atoms with Gasteiger partial charge in [-0.15, -0.1) is 0 Å². The third kappa shape index (κ3) is 2.79. The molecule has 5 heteroatoms. The van der Waals surface area contributed by atoms with Crippen molar-refractivity contribution in [2.45, 2.75) is 39.0 Å². The molecule has 0 aromatic heterocycles. The number of nitrogen functional groups attached to an aromatic ring is 1. The Bertz CT molecular complexity index is 522. The summed E-state index contributed by atoms with van der Waals surface area (Å²) < 4.78 is 26.8. The normalized spacial score (nSPS) is 11.8. The first kappa shape index (κ1) is 14.0. The standard InChI is InChI=1S/C12H20N2O2S/c1-5-6-14-17(15,16)12-9(3)7-8(2)11(13)10(12)4/h7,14H,5-6,13H2,1-4H3. The second-order valence-corrected chi connectivity index (χ2v) is 5.98. The monoisotopic (exact) mass is 256 g/mol. The molecule has 1 aromatic carbocycles. The largest absolute Gasteiger partial charge is 0.398 e.